The minimum atomic E-state index is 0.457. The van der Waals surface area contributed by atoms with Gasteiger partial charge < -0.3 is 0 Å². The van der Waals surface area contributed by atoms with E-state index in [1.165, 1.54) is 6.33 Å². The zero-order valence-electron chi connectivity index (χ0n) is 7.60. The van der Waals surface area contributed by atoms with Crippen molar-refractivity contribution in [3.8, 4) is 0 Å². The van der Waals surface area contributed by atoms with Crippen molar-refractivity contribution in [2.45, 2.75) is 19.8 Å². The summed E-state index contributed by atoms with van der Waals surface area (Å²) < 4.78 is 0. The van der Waals surface area contributed by atoms with Crippen molar-refractivity contribution in [2.24, 2.45) is 0 Å². The first-order valence-electron chi connectivity index (χ1n) is 4.20. The van der Waals surface area contributed by atoms with Crippen LogP contribution >= 0.6 is 0 Å². The Kier molecular flexibility index (Phi) is 1.88. The summed E-state index contributed by atoms with van der Waals surface area (Å²) in [6.45, 7) is 4.24. The van der Waals surface area contributed by atoms with Gasteiger partial charge in [-0.3, -0.25) is 0 Å². The fourth-order valence-electron chi connectivity index (χ4n) is 1.12. The van der Waals surface area contributed by atoms with E-state index in [4.69, 9.17) is 0 Å². The van der Waals surface area contributed by atoms with E-state index in [1.807, 2.05) is 12.3 Å². The van der Waals surface area contributed by atoms with Gasteiger partial charge in [-0.05, 0) is 17.5 Å². The predicted octanol–water partition coefficient (Wildman–Crippen LogP) is 1.54. The summed E-state index contributed by atoms with van der Waals surface area (Å²) >= 11 is 0. The third-order valence-electron chi connectivity index (χ3n) is 1.93. The Morgan fingerprint density at radius 2 is 2.08 bits per heavy atom. The molecule has 2 aromatic rings. The van der Waals surface area contributed by atoms with Crippen molar-refractivity contribution in [3.63, 3.8) is 0 Å². The van der Waals surface area contributed by atoms with E-state index in [-0.39, 0.29) is 0 Å². The Morgan fingerprint density at radius 3 is 2.85 bits per heavy atom. The lowest BCUT2D eigenvalue weighted by molar-refractivity contribution is 0.858. The van der Waals surface area contributed by atoms with Crippen molar-refractivity contribution in [3.05, 3.63) is 24.2 Å². The highest BCUT2D eigenvalue weighted by Crippen LogP contribution is 2.15. The van der Waals surface area contributed by atoms with Crippen LogP contribution in [0, 0.1) is 0 Å². The highest BCUT2D eigenvalue weighted by molar-refractivity contribution is 5.68. The molecule has 13 heavy (non-hydrogen) atoms. The average Bonchev–Trinajstić information content (AvgIpc) is 2.17. The maximum Gasteiger partial charge on any atom is 0.181 e. The van der Waals surface area contributed by atoms with E-state index in [1.54, 1.807) is 0 Å². The molecule has 0 saturated carbocycles. The lowest BCUT2D eigenvalue weighted by atomic mass is 10.1. The van der Waals surface area contributed by atoms with Crippen LogP contribution < -0.4 is 0 Å². The third-order valence-corrected chi connectivity index (χ3v) is 1.93. The Hall–Kier alpha value is -1.58. The quantitative estimate of drug-likeness (QED) is 0.658. The summed E-state index contributed by atoms with van der Waals surface area (Å²) in [6, 6.07) is 1.98. The molecule has 0 aliphatic rings. The number of nitrogens with zero attached hydrogens (tertiary/aromatic N) is 4. The van der Waals surface area contributed by atoms with Gasteiger partial charge in [0.05, 0.1) is 0 Å². The summed E-state index contributed by atoms with van der Waals surface area (Å²) in [7, 11) is 0. The zero-order valence-corrected chi connectivity index (χ0v) is 7.60. The Morgan fingerprint density at radius 1 is 1.23 bits per heavy atom. The molecule has 0 spiro atoms. The lowest BCUT2D eigenvalue weighted by Crippen LogP contribution is -1.94. The molecule has 0 radical (unpaired) electrons. The van der Waals surface area contributed by atoms with Gasteiger partial charge in [-0.25, -0.2) is 9.97 Å². The Bertz CT molecular complexity index is 425. The fourth-order valence-corrected chi connectivity index (χ4v) is 1.12. The molecule has 0 aliphatic carbocycles. The van der Waals surface area contributed by atoms with Crippen LogP contribution in [-0.2, 0) is 0 Å². The van der Waals surface area contributed by atoms with Crippen LogP contribution in [0.2, 0.25) is 0 Å². The number of rotatable bonds is 1. The predicted molar refractivity (Wildman–Crippen MR) is 49.2 cm³/mol. The van der Waals surface area contributed by atoms with E-state index in [2.05, 4.69) is 34.0 Å². The monoisotopic (exact) mass is 174 g/mol. The summed E-state index contributed by atoms with van der Waals surface area (Å²) in [5.74, 6) is 0.457. The molecule has 4 heteroatoms. The fraction of sp³-hybridized carbons (Fsp3) is 0.333. The molecule has 0 saturated heterocycles. The molecule has 0 aliphatic heterocycles. The van der Waals surface area contributed by atoms with Crippen molar-refractivity contribution in [1.82, 2.24) is 20.2 Å². The SMILES string of the molecule is CC(C)c1cnc2ncnnc2c1. The smallest absolute Gasteiger partial charge is 0.181 e. The van der Waals surface area contributed by atoms with E-state index in [0.29, 0.717) is 11.6 Å². The Labute approximate surface area is 76.1 Å². The van der Waals surface area contributed by atoms with Crippen LogP contribution in [0.1, 0.15) is 25.3 Å². The molecular weight excluding hydrogens is 164 g/mol. The topological polar surface area (TPSA) is 51.6 Å². The molecule has 2 aromatic heterocycles. The van der Waals surface area contributed by atoms with E-state index in [9.17, 15) is 0 Å². The number of pyridine rings is 1. The molecular formula is C9H10N4. The van der Waals surface area contributed by atoms with Crippen LogP contribution in [0.15, 0.2) is 18.6 Å². The van der Waals surface area contributed by atoms with Crippen molar-refractivity contribution in [2.75, 3.05) is 0 Å². The summed E-state index contributed by atoms with van der Waals surface area (Å²) in [6.07, 6.45) is 3.24. The highest BCUT2D eigenvalue weighted by Gasteiger charge is 2.02. The van der Waals surface area contributed by atoms with Gasteiger partial charge in [-0.15, -0.1) is 10.2 Å². The Balaban J connectivity index is 2.62. The van der Waals surface area contributed by atoms with Gasteiger partial charge in [-0.2, -0.15) is 0 Å². The normalized spacial score (nSPS) is 11.0. The maximum atomic E-state index is 4.19. The molecule has 0 N–H and O–H groups in total. The molecule has 66 valence electrons. The molecule has 0 atom stereocenters. The van der Waals surface area contributed by atoms with Crippen LogP contribution in [0.3, 0.4) is 0 Å². The number of aromatic nitrogens is 4. The van der Waals surface area contributed by atoms with Gasteiger partial charge in [-0.1, -0.05) is 13.8 Å². The number of hydrogen-bond acceptors (Lipinski definition) is 4. The van der Waals surface area contributed by atoms with Crippen LogP contribution in [-0.4, -0.2) is 20.2 Å². The third kappa shape index (κ3) is 1.47. The second-order valence-electron chi connectivity index (χ2n) is 3.23. The van der Waals surface area contributed by atoms with Crippen molar-refractivity contribution < 1.29 is 0 Å². The molecule has 0 fully saturated rings. The van der Waals surface area contributed by atoms with Gasteiger partial charge in [0.15, 0.2) is 5.65 Å². The average molecular weight is 174 g/mol. The molecule has 0 bridgehead atoms. The minimum absolute atomic E-state index is 0.457. The van der Waals surface area contributed by atoms with Crippen molar-refractivity contribution in [1.29, 1.82) is 0 Å². The van der Waals surface area contributed by atoms with Crippen LogP contribution in [0.5, 0.6) is 0 Å². The molecule has 0 aromatic carbocycles. The van der Waals surface area contributed by atoms with Crippen LogP contribution in [0.4, 0.5) is 0 Å². The molecule has 2 heterocycles. The lowest BCUT2D eigenvalue weighted by Gasteiger charge is -2.03. The minimum Gasteiger partial charge on any atom is -0.235 e. The zero-order chi connectivity index (χ0) is 9.26. The summed E-state index contributed by atoms with van der Waals surface area (Å²) in [5.41, 5.74) is 2.57. The van der Waals surface area contributed by atoms with E-state index < -0.39 is 0 Å². The van der Waals surface area contributed by atoms with E-state index >= 15 is 0 Å². The van der Waals surface area contributed by atoms with E-state index in [0.717, 1.165) is 11.1 Å². The number of hydrogen-bond donors (Lipinski definition) is 0. The van der Waals surface area contributed by atoms with Crippen molar-refractivity contribution >= 4 is 11.2 Å². The van der Waals surface area contributed by atoms with Gasteiger partial charge in [0.25, 0.3) is 0 Å². The van der Waals surface area contributed by atoms with Crippen LogP contribution in [0.25, 0.3) is 11.2 Å². The first-order chi connectivity index (χ1) is 6.27. The summed E-state index contributed by atoms with van der Waals surface area (Å²) in [4.78, 5) is 8.19. The maximum absolute atomic E-state index is 4.19. The molecule has 4 nitrogen and oxygen atoms in total. The second-order valence-corrected chi connectivity index (χ2v) is 3.23. The molecule has 0 unspecified atom stereocenters. The van der Waals surface area contributed by atoms with Gasteiger partial charge in [0, 0.05) is 6.20 Å². The van der Waals surface area contributed by atoms with Gasteiger partial charge in [0.2, 0.25) is 0 Å². The molecule has 2 rings (SSSR count). The summed E-state index contributed by atoms with van der Waals surface area (Å²) in [5, 5.41) is 7.66. The first-order valence-corrected chi connectivity index (χ1v) is 4.20. The van der Waals surface area contributed by atoms with Gasteiger partial charge in [0.1, 0.15) is 11.8 Å². The number of fused-ring (bicyclic) bond motifs is 1. The van der Waals surface area contributed by atoms with Gasteiger partial charge >= 0.3 is 0 Å². The standard InChI is InChI=1S/C9H10N4/c1-6(2)7-3-8-9(10-4-7)11-5-12-13-8/h3-6H,1-2H3. The largest absolute Gasteiger partial charge is 0.235 e. The second kappa shape index (κ2) is 3.05. The first kappa shape index (κ1) is 8.04. The highest BCUT2D eigenvalue weighted by atomic mass is 15.1. The molecule has 0 amide bonds.